The Balaban J connectivity index is 1.81. The molecule has 2 N–H and O–H groups in total. The monoisotopic (exact) mass is 581 g/mol. The molecule has 0 heterocycles. The number of aryl methyl sites for hydroxylation is 1. The van der Waals surface area contributed by atoms with Gasteiger partial charge in [0.05, 0.1) is 4.47 Å². The molecule has 6 nitrogen and oxygen atoms in total. The van der Waals surface area contributed by atoms with Gasteiger partial charge in [0, 0.05) is 21.4 Å². The van der Waals surface area contributed by atoms with Crippen molar-refractivity contribution in [1.82, 2.24) is 0 Å². The van der Waals surface area contributed by atoms with Gasteiger partial charge in [-0.2, -0.15) is 5.26 Å². The van der Waals surface area contributed by atoms with Crippen LogP contribution >= 0.6 is 31.9 Å². The highest BCUT2D eigenvalue weighted by Crippen LogP contribution is 2.34. The van der Waals surface area contributed by atoms with Crippen LogP contribution in [0.2, 0.25) is 0 Å². The molecule has 0 saturated carbocycles. The summed E-state index contributed by atoms with van der Waals surface area (Å²) in [6.07, 6.45) is 1.42. The average molecular weight is 583 g/mol. The summed E-state index contributed by atoms with van der Waals surface area (Å²) in [4.78, 5) is 25.2. The van der Waals surface area contributed by atoms with Gasteiger partial charge < -0.3 is 15.4 Å². The average Bonchev–Trinajstić information content (AvgIpc) is 2.80. The fourth-order valence-corrected chi connectivity index (χ4v) is 4.45. The van der Waals surface area contributed by atoms with Gasteiger partial charge in [0.15, 0.2) is 6.61 Å². The van der Waals surface area contributed by atoms with Crippen LogP contribution in [-0.4, -0.2) is 18.4 Å². The van der Waals surface area contributed by atoms with E-state index in [1.54, 1.807) is 36.4 Å². The Morgan fingerprint density at radius 2 is 1.76 bits per heavy atom. The standard InChI is InChI=1S/C26H21Br2N3O3/c1-16-7-6-10-23(17(16)2)31-24(32)15-34-25-18(12-20(27)13-22(25)28)11-19(14-29)26(33)30-21-8-4-3-5-9-21/h3-13H,15H2,1-2H3,(H,30,33)(H,31,32)/b19-11+. The maximum atomic E-state index is 12.6. The largest absolute Gasteiger partial charge is 0.482 e. The van der Waals surface area contributed by atoms with E-state index in [0.29, 0.717) is 31.6 Å². The first-order valence-electron chi connectivity index (χ1n) is 10.2. The fraction of sp³-hybridized carbons (Fsp3) is 0.115. The summed E-state index contributed by atoms with van der Waals surface area (Å²) in [6.45, 7) is 3.65. The molecule has 0 radical (unpaired) electrons. The van der Waals surface area contributed by atoms with E-state index in [4.69, 9.17) is 4.74 Å². The summed E-state index contributed by atoms with van der Waals surface area (Å²) in [5.74, 6) is -0.552. The molecule has 0 fully saturated rings. The number of nitrogens with zero attached hydrogens (tertiary/aromatic N) is 1. The molecule has 0 aliphatic heterocycles. The Morgan fingerprint density at radius 1 is 1.03 bits per heavy atom. The van der Waals surface area contributed by atoms with Gasteiger partial charge in [-0.25, -0.2) is 0 Å². The van der Waals surface area contributed by atoms with Crippen molar-refractivity contribution in [2.24, 2.45) is 0 Å². The minimum atomic E-state index is -0.552. The maximum absolute atomic E-state index is 12.6. The summed E-state index contributed by atoms with van der Waals surface area (Å²) in [5, 5.41) is 15.1. The second-order valence-electron chi connectivity index (χ2n) is 7.38. The van der Waals surface area contributed by atoms with Crippen molar-refractivity contribution in [3.8, 4) is 11.8 Å². The molecule has 3 aromatic carbocycles. The second kappa shape index (κ2) is 11.6. The zero-order valence-corrected chi connectivity index (χ0v) is 21.7. The molecule has 3 rings (SSSR count). The Bertz CT molecular complexity index is 1300. The lowest BCUT2D eigenvalue weighted by Crippen LogP contribution is -2.21. The molecule has 0 saturated heterocycles. The van der Waals surface area contributed by atoms with Gasteiger partial charge in [0.2, 0.25) is 0 Å². The van der Waals surface area contributed by atoms with Crippen LogP contribution in [0.4, 0.5) is 11.4 Å². The number of ether oxygens (including phenoxy) is 1. The summed E-state index contributed by atoms with van der Waals surface area (Å²) in [6, 6.07) is 19.9. The number of para-hydroxylation sites is 1. The van der Waals surface area contributed by atoms with Crippen molar-refractivity contribution in [3.05, 3.63) is 91.9 Å². The van der Waals surface area contributed by atoms with Crippen molar-refractivity contribution >= 4 is 61.1 Å². The van der Waals surface area contributed by atoms with Gasteiger partial charge in [-0.1, -0.05) is 46.3 Å². The fourth-order valence-electron chi connectivity index (χ4n) is 3.07. The summed E-state index contributed by atoms with van der Waals surface area (Å²) in [7, 11) is 0. The predicted octanol–water partition coefficient (Wildman–Crippen LogP) is 6.39. The minimum absolute atomic E-state index is 0.112. The zero-order chi connectivity index (χ0) is 24.7. The highest BCUT2D eigenvalue weighted by molar-refractivity contribution is 9.11. The van der Waals surface area contributed by atoms with E-state index in [1.165, 1.54) is 6.08 Å². The third-order valence-electron chi connectivity index (χ3n) is 4.96. The van der Waals surface area contributed by atoms with E-state index in [2.05, 4.69) is 42.5 Å². The topological polar surface area (TPSA) is 91.2 Å². The predicted molar refractivity (Wildman–Crippen MR) is 141 cm³/mol. The number of carbonyl (C=O) groups excluding carboxylic acids is 2. The third kappa shape index (κ3) is 6.56. The second-order valence-corrected chi connectivity index (χ2v) is 9.15. The molecule has 3 aromatic rings. The lowest BCUT2D eigenvalue weighted by Gasteiger charge is -2.14. The van der Waals surface area contributed by atoms with Gasteiger partial charge >= 0.3 is 0 Å². The van der Waals surface area contributed by atoms with E-state index in [9.17, 15) is 14.9 Å². The summed E-state index contributed by atoms with van der Waals surface area (Å²) in [5.41, 5.74) is 3.68. The number of rotatable bonds is 7. The van der Waals surface area contributed by atoms with E-state index in [0.717, 1.165) is 11.1 Å². The van der Waals surface area contributed by atoms with Crippen molar-refractivity contribution in [2.45, 2.75) is 13.8 Å². The highest BCUT2D eigenvalue weighted by Gasteiger charge is 2.16. The number of amides is 2. The first-order valence-corrected chi connectivity index (χ1v) is 11.8. The number of anilines is 2. The lowest BCUT2D eigenvalue weighted by molar-refractivity contribution is -0.118. The molecule has 0 aromatic heterocycles. The number of nitrogens with one attached hydrogen (secondary N) is 2. The van der Waals surface area contributed by atoms with Crippen molar-refractivity contribution < 1.29 is 14.3 Å². The van der Waals surface area contributed by atoms with E-state index >= 15 is 0 Å². The van der Waals surface area contributed by atoms with Crippen LogP contribution in [-0.2, 0) is 9.59 Å². The van der Waals surface area contributed by atoms with Crippen LogP contribution in [0.25, 0.3) is 6.08 Å². The number of nitriles is 1. The molecule has 8 heteroatoms. The Kier molecular flexibility index (Phi) is 8.63. The van der Waals surface area contributed by atoms with Gasteiger partial charge in [-0.15, -0.1) is 0 Å². The normalized spacial score (nSPS) is 10.9. The molecular weight excluding hydrogens is 562 g/mol. The van der Waals surface area contributed by atoms with Gasteiger partial charge in [-0.3, -0.25) is 9.59 Å². The van der Waals surface area contributed by atoms with Crippen molar-refractivity contribution in [3.63, 3.8) is 0 Å². The molecule has 0 atom stereocenters. The lowest BCUT2D eigenvalue weighted by atomic mass is 10.1. The summed E-state index contributed by atoms with van der Waals surface area (Å²) >= 11 is 6.85. The number of halogens is 2. The first-order chi connectivity index (χ1) is 16.3. The number of benzene rings is 3. The Labute approximate surface area is 214 Å². The number of hydrogen-bond acceptors (Lipinski definition) is 4. The molecule has 172 valence electrons. The van der Waals surface area contributed by atoms with Crippen molar-refractivity contribution in [2.75, 3.05) is 17.2 Å². The van der Waals surface area contributed by atoms with Crippen LogP contribution in [0.1, 0.15) is 16.7 Å². The smallest absolute Gasteiger partial charge is 0.266 e. The number of hydrogen-bond donors (Lipinski definition) is 2. The molecule has 0 aliphatic rings. The quantitative estimate of drug-likeness (QED) is 0.249. The van der Waals surface area contributed by atoms with Crippen LogP contribution < -0.4 is 15.4 Å². The zero-order valence-electron chi connectivity index (χ0n) is 18.5. The molecule has 0 aliphatic carbocycles. The molecule has 2 amide bonds. The Morgan fingerprint density at radius 3 is 2.47 bits per heavy atom. The van der Waals surface area contributed by atoms with Gasteiger partial charge in [0.25, 0.3) is 11.8 Å². The van der Waals surface area contributed by atoms with Crippen LogP contribution in [0, 0.1) is 25.2 Å². The molecule has 0 unspecified atom stereocenters. The van der Waals surface area contributed by atoms with E-state index in [1.807, 2.05) is 44.2 Å². The minimum Gasteiger partial charge on any atom is -0.482 e. The molecular formula is C26H21Br2N3O3. The first kappa shape index (κ1) is 25.2. The van der Waals surface area contributed by atoms with Crippen molar-refractivity contribution in [1.29, 1.82) is 5.26 Å². The van der Waals surface area contributed by atoms with Gasteiger partial charge in [-0.05, 0) is 77.3 Å². The van der Waals surface area contributed by atoms with Crippen LogP contribution in [0.3, 0.4) is 0 Å². The number of carbonyl (C=O) groups is 2. The highest BCUT2D eigenvalue weighted by atomic mass is 79.9. The Hall–Kier alpha value is -3.41. The van der Waals surface area contributed by atoms with Crippen LogP contribution in [0.5, 0.6) is 5.75 Å². The molecule has 34 heavy (non-hydrogen) atoms. The maximum Gasteiger partial charge on any atom is 0.266 e. The van der Waals surface area contributed by atoms with Crippen LogP contribution in [0.15, 0.2) is 75.2 Å². The summed E-state index contributed by atoms with van der Waals surface area (Å²) < 4.78 is 7.08. The van der Waals surface area contributed by atoms with E-state index < -0.39 is 5.91 Å². The molecule has 0 spiro atoms. The SMILES string of the molecule is Cc1cccc(NC(=O)COc2c(Br)cc(Br)cc2/C=C(\C#N)C(=O)Nc2ccccc2)c1C. The van der Waals surface area contributed by atoms with Gasteiger partial charge in [0.1, 0.15) is 17.4 Å². The van der Waals surface area contributed by atoms with E-state index in [-0.39, 0.29) is 18.1 Å². The third-order valence-corrected chi connectivity index (χ3v) is 6.01. The molecule has 0 bridgehead atoms.